The molecule has 3 nitrogen and oxygen atoms in total. The number of para-hydroxylation sites is 3. The average Bonchev–Trinajstić information content (AvgIpc) is 1.08. The molecular weight excluding hydrogens is 1090 g/mol. The van der Waals surface area contributed by atoms with Crippen LogP contribution in [0.4, 0.5) is 34.1 Å². The molecule has 0 spiro atoms. The molecule has 13 aromatic carbocycles. The van der Waals surface area contributed by atoms with Gasteiger partial charge in [-0.3, -0.25) is 0 Å². The Kier molecular flexibility index (Phi) is 13.1. The van der Waals surface area contributed by atoms with E-state index >= 15 is 0 Å². The molecule has 0 bridgehead atoms. The fraction of sp³-hybridized carbons (Fsp3) is 0.0930. The van der Waals surface area contributed by atoms with E-state index in [4.69, 9.17) is 0 Å². The average molecular weight is 1150 g/mol. The first-order valence-corrected chi connectivity index (χ1v) is 31.7. The SMILES string of the molecule is CC(C)(C)c1cc(-n2c3ccccc3c3c4c(ccc32)B2c3cc(-c5ccccc5)ccc3N(c3c(-c5ccccc5)cccc3-c3ccccc3)c3cc(-c5ccccc5)cc(c32)N4c2c(-c3ccccc3)cccc2-c2ccccc2)cc(C(C)(C)C)c1. The molecule has 4 heteroatoms. The van der Waals surface area contributed by atoms with Crippen LogP contribution in [0.1, 0.15) is 52.7 Å². The lowest BCUT2D eigenvalue weighted by Gasteiger charge is -2.46. The summed E-state index contributed by atoms with van der Waals surface area (Å²) in [6, 6.07) is 114. The Morgan fingerprint density at radius 2 is 0.700 bits per heavy atom. The van der Waals surface area contributed by atoms with Crippen molar-refractivity contribution in [2.45, 2.75) is 52.4 Å². The van der Waals surface area contributed by atoms with Gasteiger partial charge in [0, 0.05) is 55.8 Å². The van der Waals surface area contributed by atoms with Crippen LogP contribution in [-0.4, -0.2) is 11.3 Å². The van der Waals surface area contributed by atoms with Crippen LogP contribution in [0.5, 0.6) is 0 Å². The zero-order chi connectivity index (χ0) is 60.8. The van der Waals surface area contributed by atoms with E-state index in [2.05, 4.69) is 359 Å². The summed E-state index contributed by atoms with van der Waals surface area (Å²) in [6.45, 7) is 13.8. The van der Waals surface area contributed by atoms with Gasteiger partial charge in [0.25, 0.3) is 6.71 Å². The Hall–Kier alpha value is -10.7. The van der Waals surface area contributed by atoms with E-state index in [0.717, 1.165) is 89.6 Å². The standard InChI is InChI=1S/C86H68BN3/c1-85(2,3)65-54-66(86(4,5)6)56-67(55-65)88-75-46-26-25-41-72(75)80-77(88)50-48-73-84(80)90(83-70(61-37-21-11-22-38-61)44-28-45-71(83)62-39-23-12-24-40-62)79-53-64(58-31-15-8-16-32-58)52-78-81(79)87(73)74-51-63(57-29-13-7-14-30-57)47-49-76(74)89(78)82-68(59-33-17-9-18-34-59)42-27-43-69(82)60-35-19-10-20-36-60/h7-56H,1-6H3. The molecule has 0 saturated heterocycles. The molecule has 0 atom stereocenters. The number of anilines is 6. The molecule has 0 fully saturated rings. The normalized spacial score (nSPS) is 12.7. The topological polar surface area (TPSA) is 11.4 Å². The highest BCUT2D eigenvalue weighted by molar-refractivity contribution is 7.00. The lowest BCUT2D eigenvalue weighted by Crippen LogP contribution is -2.61. The zero-order valence-electron chi connectivity index (χ0n) is 51.8. The van der Waals surface area contributed by atoms with Gasteiger partial charge >= 0.3 is 0 Å². The summed E-state index contributed by atoms with van der Waals surface area (Å²) in [7, 11) is 0. The van der Waals surface area contributed by atoms with E-state index in [9.17, 15) is 0 Å². The molecule has 0 saturated carbocycles. The maximum Gasteiger partial charge on any atom is 0.252 e. The number of hydrogen-bond donors (Lipinski definition) is 0. The monoisotopic (exact) mass is 1150 g/mol. The van der Waals surface area contributed by atoms with Crippen LogP contribution in [0.2, 0.25) is 0 Å². The van der Waals surface area contributed by atoms with Crippen molar-refractivity contribution >= 4 is 79.0 Å². The van der Waals surface area contributed by atoms with E-state index in [0.29, 0.717) is 0 Å². The van der Waals surface area contributed by atoms with Crippen molar-refractivity contribution in [1.29, 1.82) is 0 Å². The van der Waals surface area contributed by atoms with Gasteiger partial charge in [-0.2, -0.15) is 0 Å². The summed E-state index contributed by atoms with van der Waals surface area (Å²) in [5, 5.41) is 2.42. The lowest BCUT2D eigenvalue weighted by molar-refractivity contribution is 0.568. The smallest absolute Gasteiger partial charge is 0.252 e. The molecule has 0 amide bonds. The van der Waals surface area contributed by atoms with Crippen LogP contribution in [0.3, 0.4) is 0 Å². The summed E-state index contributed by atoms with van der Waals surface area (Å²) in [6.07, 6.45) is 0. The number of aromatic nitrogens is 1. The molecule has 3 heterocycles. The summed E-state index contributed by atoms with van der Waals surface area (Å²) < 4.78 is 2.58. The number of rotatable bonds is 9. The third-order valence-electron chi connectivity index (χ3n) is 18.8. The van der Waals surface area contributed by atoms with Gasteiger partial charge in [0.15, 0.2) is 0 Å². The van der Waals surface area contributed by atoms with Gasteiger partial charge in [-0.25, -0.2) is 0 Å². The zero-order valence-corrected chi connectivity index (χ0v) is 51.8. The van der Waals surface area contributed by atoms with Crippen molar-refractivity contribution in [3.63, 3.8) is 0 Å². The fourth-order valence-electron chi connectivity index (χ4n) is 14.5. The van der Waals surface area contributed by atoms with Gasteiger partial charge in [-0.15, -0.1) is 0 Å². The van der Waals surface area contributed by atoms with E-state index in [1.807, 2.05) is 0 Å². The number of nitrogens with zero attached hydrogens (tertiary/aromatic N) is 3. The lowest BCUT2D eigenvalue weighted by atomic mass is 9.33. The molecule has 0 unspecified atom stereocenters. The van der Waals surface area contributed by atoms with Crippen molar-refractivity contribution in [2.24, 2.45) is 0 Å². The molecule has 90 heavy (non-hydrogen) atoms. The Labute approximate surface area is 529 Å². The summed E-state index contributed by atoms with van der Waals surface area (Å²) in [4.78, 5) is 5.39. The predicted octanol–water partition coefficient (Wildman–Crippen LogP) is 21.5. The maximum atomic E-state index is 2.73. The van der Waals surface area contributed by atoms with E-state index in [1.165, 1.54) is 66.3 Å². The Morgan fingerprint density at radius 1 is 0.278 bits per heavy atom. The van der Waals surface area contributed by atoms with Crippen LogP contribution in [0, 0.1) is 0 Å². The Bertz CT molecular complexity index is 4910. The van der Waals surface area contributed by atoms with Crippen LogP contribution in [0.25, 0.3) is 94.3 Å². The highest BCUT2D eigenvalue weighted by atomic mass is 15.2. The first-order chi connectivity index (χ1) is 44.0. The van der Waals surface area contributed by atoms with Gasteiger partial charge in [0.1, 0.15) is 0 Å². The highest BCUT2D eigenvalue weighted by Gasteiger charge is 2.46. The summed E-state index contributed by atoms with van der Waals surface area (Å²) >= 11 is 0. The van der Waals surface area contributed by atoms with E-state index in [-0.39, 0.29) is 17.5 Å². The van der Waals surface area contributed by atoms with Gasteiger partial charge in [0.2, 0.25) is 0 Å². The quantitative estimate of drug-likeness (QED) is 0.133. The molecule has 0 N–H and O–H groups in total. The molecule has 430 valence electrons. The summed E-state index contributed by atoms with van der Waals surface area (Å²) in [5.41, 5.74) is 30.4. The Morgan fingerprint density at radius 3 is 1.18 bits per heavy atom. The largest absolute Gasteiger partial charge is 0.310 e. The van der Waals surface area contributed by atoms with Crippen LogP contribution in [0.15, 0.2) is 303 Å². The Balaban J connectivity index is 1.12. The number of hydrogen-bond acceptors (Lipinski definition) is 2. The maximum absolute atomic E-state index is 2.73. The molecule has 0 aliphatic carbocycles. The number of fused-ring (bicyclic) bond motifs is 8. The number of benzene rings is 13. The predicted molar refractivity (Wildman–Crippen MR) is 385 cm³/mol. The molecule has 16 rings (SSSR count). The second-order valence-corrected chi connectivity index (χ2v) is 26.4. The highest BCUT2D eigenvalue weighted by Crippen LogP contribution is 2.56. The van der Waals surface area contributed by atoms with Crippen LogP contribution >= 0.6 is 0 Å². The summed E-state index contributed by atoms with van der Waals surface area (Å²) in [5.74, 6) is 0. The molecular formula is C86H68BN3. The van der Waals surface area contributed by atoms with Crippen LogP contribution < -0.4 is 26.2 Å². The minimum atomic E-state index is -0.225. The minimum absolute atomic E-state index is 0.0953. The van der Waals surface area contributed by atoms with Gasteiger partial charge in [-0.05, 0) is 125 Å². The van der Waals surface area contributed by atoms with Crippen molar-refractivity contribution in [3.8, 4) is 72.4 Å². The van der Waals surface area contributed by atoms with E-state index in [1.54, 1.807) is 0 Å². The van der Waals surface area contributed by atoms with Gasteiger partial charge in [0.05, 0.1) is 28.1 Å². The third kappa shape index (κ3) is 9.11. The molecule has 2 aliphatic heterocycles. The molecule has 1 aromatic heterocycles. The molecule has 14 aromatic rings. The van der Waals surface area contributed by atoms with Crippen LogP contribution in [-0.2, 0) is 10.8 Å². The molecule has 0 radical (unpaired) electrons. The second-order valence-electron chi connectivity index (χ2n) is 26.4. The minimum Gasteiger partial charge on any atom is -0.310 e. The fourth-order valence-corrected chi connectivity index (χ4v) is 14.5. The van der Waals surface area contributed by atoms with Crippen molar-refractivity contribution in [3.05, 3.63) is 314 Å². The molecule has 2 aliphatic rings. The van der Waals surface area contributed by atoms with E-state index < -0.39 is 0 Å². The van der Waals surface area contributed by atoms with Gasteiger partial charge < -0.3 is 14.4 Å². The first-order valence-electron chi connectivity index (χ1n) is 31.7. The van der Waals surface area contributed by atoms with Crippen molar-refractivity contribution < 1.29 is 0 Å². The first kappa shape index (κ1) is 54.7. The van der Waals surface area contributed by atoms with Crippen molar-refractivity contribution in [2.75, 3.05) is 9.80 Å². The third-order valence-corrected chi connectivity index (χ3v) is 18.8. The van der Waals surface area contributed by atoms with Crippen molar-refractivity contribution in [1.82, 2.24) is 4.57 Å². The van der Waals surface area contributed by atoms with Gasteiger partial charge in [-0.1, -0.05) is 302 Å². The second kappa shape index (κ2) is 21.6.